The number of hydrogen-bond acceptors (Lipinski definition) is 3. The first kappa shape index (κ1) is 23.5. The quantitative estimate of drug-likeness (QED) is 0.593. The van der Waals surface area contributed by atoms with Gasteiger partial charge in [-0.15, -0.1) is 11.3 Å². The Balaban J connectivity index is 1.85. The topological polar surface area (TPSA) is 63.5 Å². The standard InChI is InChI=1S/C23H22F3N3O2S/c1-14(17-8-5-4-6-9-17)27-20(30)13-29-15(2)16(3)32-22(29)28-21(31)18-10-7-11-19(12-18)23(24,25)26/h4-12,14H,13H2,1-3H3,(H,27,30). The van der Waals surface area contributed by atoms with E-state index < -0.39 is 17.6 Å². The molecule has 1 atom stereocenters. The van der Waals surface area contributed by atoms with E-state index in [4.69, 9.17) is 0 Å². The molecular formula is C23H22F3N3O2S. The van der Waals surface area contributed by atoms with Crippen LogP contribution in [0.1, 0.15) is 45.0 Å². The van der Waals surface area contributed by atoms with Crippen molar-refractivity contribution in [3.8, 4) is 0 Å². The zero-order valence-corrected chi connectivity index (χ0v) is 18.6. The van der Waals surface area contributed by atoms with Crippen molar-refractivity contribution in [3.05, 3.63) is 86.7 Å². The fraction of sp³-hybridized carbons (Fsp3) is 0.261. The molecule has 2 amide bonds. The van der Waals surface area contributed by atoms with Gasteiger partial charge in [-0.05, 0) is 44.5 Å². The molecule has 0 saturated heterocycles. The summed E-state index contributed by atoms with van der Waals surface area (Å²) < 4.78 is 40.5. The molecule has 0 aliphatic rings. The number of aromatic nitrogens is 1. The van der Waals surface area contributed by atoms with Crippen molar-refractivity contribution < 1.29 is 22.8 Å². The second-order valence-corrected chi connectivity index (χ2v) is 8.49. The summed E-state index contributed by atoms with van der Waals surface area (Å²) >= 11 is 1.20. The summed E-state index contributed by atoms with van der Waals surface area (Å²) in [4.78, 5) is 30.3. The first-order chi connectivity index (χ1) is 15.1. The maximum absolute atomic E-state index is 13.0. The largest absolute Gasteiger partial charge is 0.416 e. The Bertz CT molecular complexity index is 1200. The molecule has 3 aromatic rings. The third-order valence-corrected chi connectivity index (χ3v) is 6.10. The third-order valence-electron chi connectivity index (χ3n) is 5.00. The van der Waals surface area contributed by atoms with E-state index in [9.17, 15) is 22.8 Å². The van der Waals surface area contributed by atoms with E-state index in [0.717, 1.165) is 28.3 Å². The second kappa shape index (κ2) is 9.52. The van der Waals surface area contributed by atoms with Crippen molar-refractivity contribution >= 4 is 23.2 Å². The predicted octanol–water partition coefficient (Wildman–Crippen LogP) is 4.80. The fourth-order valence-electron chi connectivity index (χ4n) is 3.10. The lowest BCUT2D eigenvalue weighted by atomic mass is 10.1. The summed E-state index contributed by atoms with van der Waals surface area (Å²) in [5.41, 5.74) is 0.623. The number of nitrogens with one attached hydrogen (secondary N) is 1. The number of alkyl halides is 3. The predicted molar refractivity (Wildman–Crippen MR) is 116 cm³/mol. The number of carbonyl (C=O) groups excluding carboxylic acids is 2. The van der Waals surface area contributed by atoms with Gasteiger partial charge in [0, 0.05) is 16.1 Å². The summed E-state index contributed by atoms with van der Waals surface area (Å²) in [6.07, 6.45) is -4.56. The molecule has 1 N–H and O–H groups in total. The van der Waals surface area contributed by atoms with Gasteiger partial charge in [-0.1, -0.05) is 36.4 Å². The third kappa shape index (κ3) is 5.53. The van der Waals surface area contributed by atoms with E-state index in [2.05, 4.69) is 10.3 Å². The van der Waals surface area contributed by atoms with Crippen molar-refractivity contribution in [1.82, 2.24) is 9.88 Å². The van der Waals surface area contributed by atoms with Crippen LogP contribution in [0.4, 0.5) is 13.2 Å². The Hall–Kier alpha value is -3.20. The van der Waals surface area contributed by atoms with Crippen molar-refractivity contribution in [3.63, 3.8) is 0 Å². The Morgan fingerprint density at radius 2 is 1.78 bits per heavy atom. The van der Waals surface area contributed by atoms with E-state index in [1.54, 1.807) is 11.5 Å². The van der Waals surface area contributed by atoms with Gasteiger partial charge in [-0.25, -0.2) is 0 Å². The highest BCUT2D eigenvalue weighted by Gasteiger charge is 2.30. The average Bonchev–Trinajstić information content (AvgIpc) is 3.01. The lowest BCUT2D eigenvalue weighted by Gasteiger charge is -2.15. The molecular weight excluding hydrogens is 439 g/mol. The number of aryl methyl sites for hydroxylation is 1. The molecule has 168 valence electrons. The molecule has 3 rings (SSSR count). The van der Waals surface area contributed by atoms with Gasteiger partial charge >= 0.3 is 6.18 Å². The lowest BCUT2D eigenvalue weighted by molar-refractivity contribution is -0.137. The zero-order valence-electron chi connectivity index (χ0n) is 17.7. The van der Waals surface area contributed by atoms with Crippen LogP contribution in [0.25, 0.3) is 0 Å². The van der Waals surface area contributed by atoms with E-state index in [1.807, 2.05) is 44.2 Å². The Morgan fingerprint density at radius 3 is 2.44 bits per heavy atom. The van der Waals surface area contributed by atoms with E-state index in [0.29, 0.717) is 0 Å². The van der Waals surface area contributed by atoms with E-state index in [-0.39, 0.29) is 28.9 Å². The molecule has 0 saturated carbocycles. The monoisotopic (exact) mass is 461 g/mol. The van der Waals surface area contributed by atoms with Crippen molar-refractivity contribution in [2.75, 3.05) is 0 Å². The fourth-order valence-corrected chi connectivity index (χ4v) is 4.08. The van der Waals surface area contributed by atoms with Gasteiger partial charge in [0.25, 0.3) is 5.91 Å². The molecule has 9 heteroatoms. The van der Waals surface area contributed by atoms with Crippen LogP contribution >= 0.6 is 11.3 Å². The van der Waals surface area contributed by atoms with Crippen LogP contribution in [0.15, 0.2) is 59.6 Å². The van der Waals surface area contributed by atoms with Crippen LogP contribution in [0, 0.1) is 13.8 Å². The van der Waals surface area contributed by atoms with Crippen LogP contribution in [0.2, 0.25) is 0 Å². The summed E-state index contributed by atoms with van der Waals surface area (Å²) in [6, 6.07) is 13.4. The van der Waals surface area contributed by atoms with Crippen molar-refractivity contribution in [2.45, 2.75) is 39.5 Å². The van der Waals surface area contributed by atoms with Gasteiger partial charge in [-0.3, -0.25) is 9.59 Å². The SMILES string of the molecule is Cc1sc(=NC(=O)c2cccc(C(F)(F)F)c2)n(CC(=O)NC(C)c2ccccc2)c1C. The van der Waals surface area contributed by atoms with E-state index >= 15 is 0 Å². The van der Waals surface area contributed by atoms with Gasteiger partial charge in [0.2, 0.25) is 5.91 Å². The number of carbonyl (C=O) groups is 2. The van der Waals surface area contributed by atoms with Crippen LogP contribution in [0.3, 0.4) is 0 Å². The van der Waals surface area contributed by atoms with Crippen LogP contribution in [-0.2, 0) is 17.5 Å². The molecule has 0 spiro atoms. The molecule has 0 radical (unpaired) electrons. The normalized spacial score (nSPS) is 13.1. The summed E-state index contributed by atoms with van der Waals surface area (Å²) in [6.45, 7) is 5.43. The Labute approximate surface area is 187 Å². The molecule has 0 fully saturated rings. The molecule has 0 aliphatic carbocycles. The number of nitrogens with zero attached hydrogens (tertiary/aromatic N) is 2. The smallest absolute Gasteiger partial charge is 0.348 e. The number of hydrogen-bond donors (Lipinski definition) is 1. The molecule has 1 unspecified atom stereocenters. The number of amides is 2. The van der Waals surface area contributed by atoms with Crippen LogP contribution in [-0.4, -0.2) is 16.4 Å². The highest BCUT2D eigenvalue weighted by atomic mass is 32.1. The number of benzene rings is 2. The zero-order chi connectivity index (χ0) is 23.5. The average molecular weight is 462 g/mol. The molecule has 0 aliphatic heterocycles. The minimum atomic E-state index is -4.56. The maximum Gasteiger partial charge on any atom is 0.416 e. The minimum absolute atomic E-state index is 0.0674. The molecule has 32 heavy (non-hydrogen) atoms. The van der Waals surface area contributed by atoms with Gasteiger partial charge in [0.1, 0.15) is 6.54 Å². The summed E-state index contributed by atoms with van der Waals surface area (Å²) in [7, 11) is 0. The molecule has 2 aromatic carbocycles. The Kier molecular flexibility index (Phi) is 6.98. The lowest BCUT2D eigenvalue weighted by Crippen LogP contribution is -2.33. The molecule has 5 nitrogen and oxygen atoms in total. The summed E-state index contributed by atoms with van der Waals surface area (Å²) in [5.74, 6) is -1.07. The van der Waals surface area contributed by atoms with Crippen LogP contribution in [0.5, 0.6) is 0 Å². The van der Waals surface area contributed by atoms with Gasteiger partial charge < -0.3 is 9.88 Å². The maximum atomic E-state index is 13.0. The van der Waals surface area contributed by atoms with E-state index in [1.165, 1.54) is 23.5 Å². The molecule has 1 heterocycles. The van der Waals surface area contributed by atoms with Crippen molar-refractivity contribution in [1.29, 1.82) is 0 Å². The number of halogens is 3. The van der Waals surface area contributed by atoms with Gasteiger partial charge in [0.05, 0.1) is 11.6 Å². The molecule has 0 bridgehead atoms. The second-order valence-electron chi connectivity index (χ2n) is 7.31. The molecule has 1 aromatic heterocycles. The first-order valence-corrected chi connectivity index (χ1v) is 10.7. The number of rotatable bonds is 5. The Morgan fingerprint density at radius 1 is 1.09 bits per heavy atom. The first-order valence-electron chi connectivity index (χ1n) is 9.83. The van der Waals surface area contributed by atoms with Gasteiger partial charge in [-0.2, -0.15) is 18.2 Å². The minimum Gasteiger partial charge on any atom is -0.348 e. The highest BCUT2D eigenvalue weighted by Crippen LogP contribution is 2.29. The van der Waals surface area contributed by atoms with Crippen molar-refractivity contribution in [2.24, 2.45) is 4.99 Å². The number of thiazole rings is 1. The highest BCUT2D eigenvalue weighted by molar-refractivity contribution is 7.09. The van der Waals surface area contributed by atoms with Crippen LogP contribution < -0.4 is 10.1 Å². The van der Waals surface area contributed by atoms with Gasteiger partial charge in [0.15, 0.2) is 4.80 Å². The summed E-state index contributed by atoms with van der Waals surface area (Å²) in [5, 5.41) is 2.91.